The molecule has 0 bridgehead atoms. The minimum absolute atomic E-state index is 0.0759. The molecule has 0 unspecified atom stereocenters. The van der Waals surface area contributed by atoms with Crippen molar-refractivity contribution in [2.45, 2.75) is 19.3 Å². The van der Waals surface area contributed by atoms with Gasteiger partial charge in [-0.3, -0.25) is 9.59 Å². The molecular weight excluding hydrogens is 310 g/mol. The first kappa shape index (κ1) is 14.7. The highest BCUT2D eigenvalue weighted by atomic mass is 16.7. The largest absolute Gasteiger partial charge is 0.454 e. The maximum absolute atomic E-state index is 12.5. The molecule has 0 aliphatic carbocycles. The fraction of sp³-hybridized carbons (Fsp3) is 0.353. The molecule has 0 aromatic heterocycles. The summed E-state index contributed by atoms with van der Waals surface area (Å²) in [6.45, 7) is 0.970. The number of rotatable bonds is 2. The number of ketones is 1. The second kappa shape index (κ2) is 5.67. The third kappa shape index (κ3) is 2.51. The van der Waals surface area contributed by atoms with Gasteiger partial charge in [-0.05, 0) is 24.1 Å². The molecular formula is C17H17N3O4. The third-order valence-electron chi connectivity index (χ3n) is 4.37. The summed E-state index contributed by atoms with van der Waals surface area (Å²) in [5, 5.41) is 8.57. The molecule has 7 heteroatoms. The van der Waals surface area contributed by atoms with Crippen molar-refractivity contribution in [1.82, 2.24) is 10.3 Å². The minimum atomic E-state index is -0.178. The van der Waals surface area contributed by atoms with E-state index in [1.807, 2.05) is 12.1 Å². The second-order valence-electron chi connectivity index (χ2n) is 5.93. The van der Waals surface area contributed by atoms with Crippen molar-refractivity contribution in [2.24, 2.45) is 5.10 Å². The number of amides is 1. The van der Waals surface area contributed by atoms with Gasteiger partial charge in [0.05, 0.1) is 0 Å². The molecule has 0 saturated carbocycles. The Bertz CT molecular complexity index is 797. The maximum atomic E-state index is 12.5. The van der Waals surface area contributed by atoms with Gasteiger partial charge in [-0.25, -0.2) is 5.01 Å². The van der Waals surface area contributed by atoms with Gasteiger partial charge in [0, 0.05) is 43.8 Å². The molecule has 3 aliphatic heterocycles. The normalized spacial score (nSPS) is 20.5. The van der Waals surface area contributed by atoms with Crippen molar-refractivity contribution in [3.63, 3.8) is 0 Å². The Labute approximate surface area is 138 Å². The van der Waals surface area contributed by atoms with Crippen LogP contribution in [-0.2, 0) is 16.0 Å². The number of hydrogen-bond donors (Lipinski definition) is 1. The Hall–Kier alpha value is -2.83. The summed E-state index contributed by atoms with van der Waals surface area (Å²) in [4.78, 5) is 24.0. The first-order chi connectivity index (χ1) is 11.6. The van der Waals surface area contributed by atoms with Gasteiger partial charge < -0.3 is 14.8 Å². The first-order valence-corrected chi connectivity index (χ1v) is 7.88. The van der Waals surface area contributed by atoms with Crippen LogP contribution in [0.15, 0.2) is 23.3 Å². The molecule has 1 amide bonds. The molecule has 24 heavy (non-hydrogen) atoms. The Kier molecular flexibility index (Phi) is 3.48. The number of benzene rings is 1. The van der Waals surface area contributed by atoms with E-state index in [0.717, 1.165) is 35.5 Å². The van der Waals surface area contributed by atoms with Gasteiger partial charge >= 0.3 is 0 Å². The lowest BCUT2D eigenvalue weighted by molar-refractivity contribution is -0.130. The van der Waals surface area contributed by atoms with Crippen LogP contribution in [0, 0.1) is 0 Å². The van der Waals surface area contributed by atoms with E-state index in [2.05, 4.69) is 10.4 Å². The van der Waals surface area contributed by atoms with Crippen LogP contribution in [0.4, 0.5) is 0 Å². The van der Waals surface area contributed by atoms with Crippen molar-refractivity contribution in [3.05, 3.63) is 29.3 Å². The Morgan fingerprint density at radius 2 is 2.04 bits per heavy atom. The number of hydrazone groups is 1. The zero-order chi connectivity index (χ0) is 16.7. The fourth-order valence-corrected chi connectivity index (χ4v) is 3.06. The van der Waals surface area contributed by atoms with Crippen LogP contribution in [-0.4, -0.2) is 42.8 Å². The Balaban J connectivity index is 1.66. The van der Waals surface area contributed by atoms with Crippen molar-refractivity contribution in [1.29, 1.82) is 0 Å². The van der Waals surface area contributed by atoms with Crippen molar-refractivity contribution < 1.29 is 19.1 Å². The maximum Gasteiger partial charge on any atom is 0.242 e. The Morgan fingerprint density at radius 3 is 2.83 bits per heavy atom. The highest BCUT2D eigenvalue weighted by molar-refractivity contribution is 6.45. The van der Waals surface area contributed by atoms with E-state index in [9.17, 15) is 9.59 Å². The van der Waals surface area contributed by atoms with E-state index >= 15 is 0 Å². The average Bonchev–Trinajstić information content (AvgIpc) is 3.03. The molecule has 1 N–H and O–H groups in total. The number of ether oxygens (including phenoxy) is 2. The molecule has 0 spiro atoms. The van der Waals surface area contributed by atoms with Crippen LogP contribution in [0.25, 0.3) is 5.70 Å². The topological polar surface area (TPSA) is 80.2 Å². The highest BCUT2D eigenvalue weighted by Crippen LogP contribution is 2.38. The summed E-state index contributed by atoms with van der Waals surface area (Å²) in [7, 11) is 1.57. The van der Waals surface area contributed by atoms with E-state index in [4.69, 9.17) is 9.47 Å². The Morgan fingerprint density at radius 1 is 1.25 bits per heavy atom. The van der Waals surface area contributed by atoms with Crippen LogP contribution in [0.3, 0.4) is 0 Å². The van der Waals surface area contributed by atoms with Gasteiger partial charge in [-0.15, -0.1) is 0 Å². The number of fused-ring (bicyclic) bond motifs is 2. The molecule has 0 radical (unpaired) electrons. The zero-order valence-electron chi connectivity index (χ0n) is 13.3. The monoisotopic (exact) mass is 327 g/mol. The van der Waals surface area contributed by atoms with Gasteiger partial charge in [0.1, 0.15) is 5.71 Å². The number of allylic oxidation sites excluding steroid dienone is 1. The lowest BCUT2D eigenvalue weighted by Crippen LogP contribution is -2.31. The fourth-order valence-electron chi connectivity index (χ4n) is 3.06. The van der Waals surface area contributed by atoms with E-state index in [-0.39, 0.29) is 18.5 Å². The van der Waals surface area contributed by atoms with Gasteiger partial charge in [0.15, 0.2) is 11.5 Å². The van der Waals surface area contributed by atoms with Gasteiger partial charge in [-0.1, -0.05) is 0 Å². The van der Waals surface area contributed by atoms with Crippen molar-refractivity contribution in [2.75, 3.05) is 20.4 Å². The molecule has 7 nitrogen and oxygen atoms in total. The number of nitrogens with one attached hydrogen (secondary N) is 1. The molecule has 4 rings (SSSR count). The van der Waals surface area contributed by atoms with Gasteiger partial charge in [-0.2, -0.15) is 5.10 Å². The number of nitrogens with zero attached hydrogens (tertiary/aromatic N) is 2. The zero-order valence-corrected chi connectivity index (χ0v) is 13.3. The van der Waals surface area contributed by atoms with E-state index in [0.29, 0.717) is 24.3 Å². The first-order valence-electron chi connectivity index (χ1n) is 7.88. The SMILES string of the molecule is CN1N=C(C(=O)C=C2NCCc3cc4c(cc32)OCO4)CCC1=O. The van der Waals surface area contributed by atoms with Crippen molar-refractivity contribution >= 4 is 23.1 Å². The number of hydrogen-bond acceptors (Lipinski definition) is 6. The lowest BCUT2D eigenvalue weighted by Gasteiger charge is -2.22. The molecule has 1 aromatic carbocycles. The second-order valence-corrected chi connectivity index (χ2v) is 5.93. The van der Waals surface area contributed by atoms with Crippen molar-refractivity contribution in [3.8, 4) is 11.5 Å². The van der Waals surface area contributed by atoms with Crippen LogP contribution >= 0.6 is 0 Å². The summed E-state index contributed by atoms with van der Waals surface area (Å²) < 4.78 is 10.8. The predicted octanol–water partition coefficient (Wildman–Crippen LogP) is 1.08. The summed E-state index contributed by atoms with van der Waals surface area (Å²) >= 11 is 0. The summed E-state index contributed by atoms with van der Waals surface area (Å²) in [5.74, 6) is 1.18. The predicted molar refractivity (Wildman–Crippen MR) is 86.7 cm³/mol. The van der Waals surface area contributed by atoms with E-state index in [1.54, 1.807) is 13.1 Å². The quantitative estimate of drug-likeness (QED) is 0.822. The molecule has 3 heterocycles. The minimum Gasteiger partial charge on any atom is -0.454 e. The number of carbonyl (C=O) groups is 2. The van der Waals surface area contributed by atoms with E-state index < -0.39 is 0 Å². The molecule has 0 atom stereocenters. The van der Waals surface area contributed by atoms with Crippen LogP contribution in [0.5, 0.6) is 11.5 Å². The third-order valence-corrected chi connectivity index (χ3v) is 4.37. The lowest BCUT2D eigenvalue weighted by atomic mass is 9.95. The smallest absolute Gasteiger partial charge is 0.242 e. The van der Waals surface area contributed by atoms with Gasteiger partial charge in [0.25, 0.3) is 0 Å². The molecule has 124 valence electrons. The van der Waals surface area contributed by atoms with Crippen LogP contribution in [0.2, 0.25) is 0 Å². The van der Waals surface area contributed by atoms with Gasteiger partial charge in [0.2, 0.25) is 18.5 Å². The highest BCUT2D eigenvalue weighted by Gasteiger charge is 2.24. The molecule has 0 saturated heterocycles. The molecule has 0 fully saturated rings. The average molecular weight is 327 g/mol. The molecule has 1 aromatic rings. The summed E-state index contributed by atoms with van der Waals surface area (Å²) in [6.07, 6.45) is 3.10. The summed E-state index contributed by atoms with van der Waals surface area (Å²) in [5.41, 5.74) is 3.22. The standard InChI is InChI=1S/C17H17N3O4/c1-20-17(22)3-2-12(19-20)14(21)8-13-11-7-16-15(23-9-24-16)6-10(11)4-5-18-13/h6-8,18H,2-5,9H2,1H3. The van der Waals surface area contributed by atoms with Crippen LogP contribution < -0.4 is 14.8 Å². The van der Waals surface area contributed by atoms with E-state index in [1.165, 1.54) is 5.01 Å². The number of carbonyl (C=O) groups excluding carboxylic acids is 2. The summed E-state index contributed by atoms with van der Waals surface area (Å²) in [6, 6.07) is 3.88. The molecule has 3 aliphatic rings. The van der Waals surface area contributed by atoms with Crippen LogP contribution in [0.1, 0.15) is 24.0 Å².